The van der Waals surface area contributed by atoms with Crippen LogP contribution in [0.1, 0.15) is 11.1 Å². The summed E-state index contributed by atoms with van der Waals surface area (Å²) in [6, 6.07) is 12.7. The number of hydrogen-bond donors (Lipinski definition) is 1. The predicted octanol–water partition coefficient (Wildman–Crippen LogP) is 3.40. The highest BCUT2D eigenvalue weighted by Gasteiger charge is 2.05. The molecule has 2 aromatic rings. The molecule has 0 heterocycles. The molecule has 0 radical (unpaired) electrons. The van der Waals surface area contributed by atoms with Crippen molar-refractivity contribution in [2.45, 2.75) is 13.3 Å². The van der Waals surface area contributed by atoms with Crippen LogP contribution in [0.5, 0.6) is 0 Å². The molecule has 0 amide bonds. The summed E-state index contributed by atoms with van der Waals surface area (Å²) in [5.41, 5.74) is 10.1. The Labute approximate surface area is 113 Å². The average molecular weight is 258 g/mol. The largest absolute Gasteiger partial charge is 0.397 e. The fraction of sp³-hybridized carbons (Fsp3) is 0.250. The van der Waals surface area contributed by atoms with Gasteiger partial charge in [-0.2, -0.15) is 0 Å². The fourth-order valence-electron chi connectivity index (χ4n) is 2.05. The first-order valence-corrected chi connectivity index (χ1v) is 6.38. The van der Waals surface area contributed by atoms with Gasteiger partial charge in [0, 0.05) is 13.6 Å². The van der Waals surface area contributed by atoms with Crippen LogP contribution in [-0.4, -0.2) is 13.6 Å². The quantitative estimate of drug-likeness (QED) is 0.852. The lowest BCUT2D eigenvalue weighted by molar-refractivity contribution is 0.627. The van der Waals surface area contributed by atoms with Gasteiger partial charge in [-0.1, -0.05) is 18.2 Å². The van der Waals surface area contributed by atoms with Crippen molar-refractivity contribution in [3.8, 4) is 0 Å². The number of nitrogens with zero attached hydrogens (tertiary/aromatic N) is 1. The average Bonchev–Trinajstić information content (AvgIpc) is 2.40. The lowest BCUT2D eigenvalue weighted by Gasteiger charge is -2.21. The van der Waals surface area contributed by atoms with Gasteiger partial charge in [0.1, 0.15) is 5.82 Å². The zero-order chi connectivity index (χ0) is 13.8. The zero-order valence-corrected chi connectivity index (χ0v) is 11.4. The zero-order valence-electron chi connectivity index (χ0n) is 11.4. The molecular formula is C16H19FN2. The molecule has 0 saturated carbocycles. The van der Waals surface area contributed by atoms with Crippen molar-refractivity contribution >= 4 is 11.4 Å². The Morgan fingerprint density at radius 2 is 1.79 bits per heavy atom. The molecule has 0 aliphatic carbocycles. The highest BCUT2D eigenvalue weighted by atomic mass is 19.1. The van der Waals surface area contributed by atoms with E-state index < -0.39 is 0 Å². The molecule has 0 spiro atoms. The minimum absolute atomic E-state index is 0.194. The van der Waals surface area contributed by atoms with Crippen LogP contribution in [0.3, 0.4) is 0 Å². The SMILES string of the molecule is Cc1ccc(N)c(N(C)CCc2ccc(F)cc2)c1. The first kappa shape index (κ1) is 13.4. The lowest BCUT2D eigenvalue weighted by Crippen LogP contribution is -2.21. The first-order valence-electron chi connectivity index (χ1n) is 6.38. The summed E-state index contributed by atoms with van der Waals surface area (Å²) >= 11 is 0. The van der Waals surface area contributed by atoms with Crippen molar-refractivity contribution in [2.75, 3.05) is 24.2 Å². The summed E-state index contributed by atoms with van der Waals surface area (Å²) in [5.74, 6) is -0.194. The molecule has 0 aliphatic heterocycles. The summed E-state index contributed by atoms with van der Waals surface area (Å²) in [6.45, 7) is 2.90. The van der Waals surface area contributed by atoms with E-state index in [4.69, 9.17) is 5.73 Å². The Bertz CT molecular complexity index is 549. The maximum absolute atomic E-state index is 12.8. The lowest BCUT2D eigenvalue weighted by atomic mass is 10.1. The Hall–Kier alpha value is -2.03. The second kappa shape index (κ2) is 5.74. The van der Waals surface area contributed by atoms with Gasteiger partial charge in [0.15, 0.2) is 0 Å². The minimum Gasteiger partial charge on any atom is -0.397 e. The van der Waals surface area contributed by atoms with E-state index in [1.165, 1.54) is 17.7 Å². The summed E-state index contributed by atoms with van der Waals surface area (Å²) in [7, 11) is 2.02. The third-order valence-electron chi connectivity index (χ3n) is 3.25. The van der Waals surface area contributed by atoms with E-state index in [9.17, 15) is 4.39 Å². The van der Waals surface area contributed by atoms with Crippen LogP contribution >= 0.6 is 0 Å². The molecular weight excluding hydrogens is 239 g/mol. The van der Waals surface area contributed by atoms with E-state index in [0.29, 0.717) is 0 Å². The Kier molecular flexibility index (Phi) is 4.05. The monoisotopic (exact) mass is 258 g/mol. The van der Waals surface area contributed by atoms with Crippen molar-refractivity contribution in [3.05, 3.63) is 59.4 Å². The minimum atomic E-state index is -0.194. The predicted molar refractivity (Wildman–Crippen MR) is 79.0 cm³/mol. The molecule has 0 saturated heterocycles. The summed E-state index contributed by atoms with van der Waals surface area (Å²) < 4.78 is 12.8. The number of aryl methyl sites for hydroxylation is 1. The summed E-state index contributed by atoms with van der Waals surface area (Å²) in [4.78, 5) is 2.13. The van der Waals surface area contributed by atoms with Crippen molar-refractivity contribution < 1.29 is 4.39 Å². The van der Waals surface area contributed by atoms with Crippen LogP contribution in [0.15, 0.2) is 42.5 Å². The molecule has 0 bridgehead atoms. The number of benzene rings is 2. The van der Waals surface area contributed by atoms with E-state index in [0.717, 1.165) is 29.9 Å². The van der Waals surface area contributed by atoms with Crippen LogP contribution in [0.2, 0.25) is 0 Å². The van der Waals surface area contributed by atoms with E-state index in [2.05, 4.69) is 17.9 Å². The van der Waals surface area contributed by atoms with Crippen LogP contribution < -0.4 is 10.6 Å². The van der Waals surface area contributed by atoms with E-state index in [1.807, 2.05) is 31.3 Å². The first-order chi connectivity index (χ1) is 9.06. The molecule has 19 heavy (non-hydrogen) atoms. The number of halogens is 1. The Morgan fingerprint density at radius 1 is 1.11 bits per heavy atom. The number of anilines is 2. The number of hydrogen-bond acceptors (Lipinski definition) is 2. The van der Waals surface area contributed by atoms with Gasteiger partial charge in [-0.15, -0.1) is 0 Å². The number of nitrogen functional groups attached to an aromatic ring is 1. The topological polar surface area (TPSA) is 29.3 Å². The smallest absolute Gasteiger partial charge is 0.123 e. The van der Waals surface area contributed by atoms with E-state index >= 15 is 0 Å². The second-order valence-corrected chi connectivity index (χ2v) is 4.86. The molecule has 2 N–H and O–H groups in total. The molecule has 3 heteroatoms. The Balaban J connectivity index is 2.03. The molecule has 100 valence electrons. The number of likely N-dealkylation sites (N-methyl/N-ethyl adjacent to an activating group) is 1. The molecule has 0 fully saturated rings. The van der Waals surface area contributed by atoms with Crippen molar-refractivity contribution in [1.29, 1.82) is 0 Å². The van der Waals surface area contributed by atoms with Gasteiger partial charge in [-0.05, 0) is 48.7 Å². The summed E-state index contributed by atoms with van der Waals surface area (Å²) in [6.07, 6.45) is 0.865. The molecule has 0 aliphatic rings. The van der Waals surface area contributed by atoms with Gasteiger partial charge in [0.2, 0.25) is 0 Å². The van der Waals surface area contributed by atoms with Crippen molar-refractivity contribution in [1.82, 2.24) is 0 Å². The third kappa shape index (κ3) is 3.47. The highest BCUT2D eigenvalue weighted by molar-refractivity contribution is 5.68. The van der Waals surface area contributed by atoms with Crippen molar-refractivity contribution in [3.63, 3.8) is 0 Å². The molecule has 0 atom stereocenters. The van der Waals surface area contributed by atoms with Gasteiger partial charge in [-0.25, -0.2) is 4.39 Å². The number of rotatable bonds is 4. The molecule has 0 aromatic heterocycles. The molecule has 2 aromatic carbocycles. The second-order valence-electron chi connectivity index (χ2n) is 4.86. The van der Waals surface area contributed by atoms with Gasteiger partial charge in [0.05, 0.1) is 11.4 Å². The highest BCUT2D eigenvalue weighted by Crippen LogP contribution is 2.23. The van der Waals surface area contributed by atoms with Crippen LogP contribution in [-0.2, 0) is 6.42 Å². The Morgan fingerprint density at radius 3 is 2.47 bits per heavy atom. The van der Waals surface area contributed by atoms with Gasteiger partial charge < -0.3 is 10.6 Å². The van der Waals surface area contributed by atoms with Crippen LogP contribution in [0.25, 0.3) is 0 Å². The van der Waals surface area contributed by atoms with Crippen LogP contribution in [0, 0.1) is 12.7 Å². The standard InChI is InChI=1S/C16H19FN2/c1-12-3-8-15(18)16(11-12)19(2)10-9-13-4-6-14(17)7-5-13/h3-8,11H,9-10,18H2,1-2H3. The molecule has 2 nitrogen and oxygen atoms in total. The van der Waals surface area contributed by atoms with E-state index in [1.54, 1.807) is 0 Å². The normalized spacial score (nSPS) is 10.5. The summed E-state index contributed by atoms with van der Waals surface area (Å²) in [5, 5.41) is 0. The molecule has 0 unspecified atom stereocenters. The van der Waals surface area contributed by atoms with Crippen molar-refractivity contribution in [2.24, 2.45) is 0 Å². The number of nitrogens with two attached hydrogens (primary N) is 1. The molecule has 2 rings (SSSR count). The fourth-order valence-corrected chi connectivity index (χ4v) is 2.05. The van der Waals surface area contributed by atoms with E-state index in [-0.39, 0.29) is 5.82 Å². The third-order valence-corrected chi connectivity index (χ3v) is 3.25. The van der Waals surface area contributed by atoms with Crippen LogP contribution in [0.4, 0.5) is 15.8 Å². The maximum Gasteiger partial charge on any atom is 0.123 e. The van der Waals surface area contributed by atoms with Gasteiger partial charge in [-0.3, -0.25) is 0 Å². The van der Waals surface area contributed by atoms with Gasteiger partial charge >= 0.3 is 0 Å². The maximum atomic E-state index is 12.8. The van der Waals surface area contributed by atoms with Gasteiger partial charge in [0.25, 0.3) is 0 Å².